The van der Waals surface area contributed by atoms with Gasteiger partial charge in [0, 0.05) is 39.5 Å². The Morgan fingerprint density at radius 2 is 1.96 bits per heavy atom. The molecule has 0 bridgehead atoms. The minimum atomic E-state index is -0.478. The van der Waals surface area contributed by atoms with E-state index in [0.29, 0.717) is 44.3 Å². The molecule has 0 radical (unpaired) electrons. The fourth-order valence-corrected chi connectivity index (χ4v) is 4.02. The van der Waals surface area contributed by atoms with Gasteiger partial charge in [-0.25, -0.2) is 4.99 Å². The minimum Gasteiger partial charge on any atom is -0.381 e. The van der Waals surface area contributed by atoms with Crippen molar-refractivity contribution in [2.24, 2.45) is 10.9 Å². The molecule has 3 fully saturated rings. The van der Waals surface area contributed by atoms with Crippen molar-refractivity contribution in [3.8, 4) is 0 Å². The summed E-state index contributed by atoms with van der Waals surface area (Å²) in [7, 11) is 3.50. The fraction of sp³-hybridized carbons (Fsp3) is 0.900. The Balaban J connectivity index is 1.55. The van der Waals surface area contributed by atoms with E-state index in [1.807, 2.05) is 0 Å². The lowest BCUT2D eigenvalue weighted by Gasteiger charge is -2.32. The number of carbonyl (C=O) groups is 1. The number of amides is 1. The standard InChI is InChI=1S/C20H36N4O4/c1-15-6-4-5-7-17(15)23-19(22-13-18(25)24(2)3)21-12-16-14-27-20(28-16)8-10-26-11-9-20/h15-17H,4-14H2,1-3H3,(H2,21,22,23). The summed E-state index contributed by atoms with van der Waals surface area (Å²) >= 11 is 0. The molecule has 3 aliphatic rings. The molecular weight excluding hydrogens is 360 g/mol. The van der Waals surface area contributed by atoms with Crippen LogP contribution in [-0.2, 0) is 19.0 Å². The van der Waals surface area contributed by atoms with Gasteiger partial charge in [0.2, 0.25) is 5.91 Å². The zero-order valence-electron chi connectivity index (χ0n) is 17.5. The zero-order valence-corrected chi connectivity index (χ0v) is 17.5. The number of likely N-dealkylation sites (N-methyl/N-ethyl adjacent to an activating group) is 1. The number of ether oxygens (including phenoxy) is 3. The van der Waals surface area contributed by atoms with E-state index in [4.69, 9.17) is 14.2 Å². The summed E-state index contributed by atoms with van der Waals surface area (Å²) in [4.78, 5) is 18.1. The van der Waals surface area contributed by atoms with Gasteiger partial charge in [0.25, 0.3) is 0 Å². The van der Waals surface area contributed by atoms with Crippen molar-refractivity contribution in [3.05, 3.63) is 0 Å². The Morgan fingerprint density at radius 3 is 2.68 bits per heavy atom. The molecule has 2 aliphatic heterocycles. The molecule has 1 saturated carbocycles. The SMILES string of the molecule is CC1CCCCC1NC(=NCC(=O)N(C)C)NCC1COC2(CCOCC2)O1. The second-order valence-corrected chi connectivity index (χ2v) is 8.42. The van der Waals surface area contributed by atoms with Gasteiger partial charge in [0.05, 0.1) is 19.8 Å². The predicted octanol–water partition coefficient (Wildman–Crippen LogP) is 1.11. The van der Waals surface area contributed by atoms with Crippen LogP contribution >= 0.6 is 0 Å². The van der Waals surface area contributed by atoms with Crippen molar-refractivity contribution in [2.75, 3.05) is 47.0 Å². The summed E-state index contributed by atoms with van der Waals surface area (Å²) in [6, 6.07) is 0.386. The van der Waals surface area contributed by atoms with Crippen LogP contribution in [0.4, 0.5) is 0 Å². The molecule has 3 rings (SSSR count). The zero-order chi connectivity index (χ0) is 20.0. The molecule has 28 heavy (non-hydrogen) atoms. The third kappa shape index (κ3) is 5.81. The second-order valence-electron chi connectivity index (χ2n) is 8.42. The number of guanidine groups is 1. The second kappa shape index (κ2) is 9.89. The van der Waals surface area contributed by atoms with E-state index in [2.05, 4.69) is 22.5 Å². The fourth-order valence-electron chi connectivity index (χ4n) is 4.02. The lowest BCUT2D eigenvalue weighted by atomic mass is 9.86. The molecule has 0 aromatic carbocycles. The van der Waals surface area contributed by atoms with E-state index in [0.717, 1.165) is 19.3 Å². The number of aliphatic imine (C=N–C) groups is 1. The lowest BCUT2D eigenvalue weighted by Crippen LogP contribution is -2.49. The summed E-state index contributed by atoms with van der Waals surface area (Å²) in [6.07, 6.45) is 6.41. The summed E-state index contributed by atoms with van der Waals surface area (Å²) < 4.78 is 17.6. The Bertz CT molecular complexity index is 548. The average Bonchev–Trinajstić information content (AvgIpc) is 3.07. The maximum atomic E-state index is 12.0. The molecule has 0 aromatic heterocycles. The number of hydrogen-bond donors (Lipinski definition) is 2. The first kappa shape index (κ1) is 21.3. The van der Waals surface area contributed by atoms with Crippen LogP contribution in [0.15, 0.2) is 4.99 Å². The van der Waals surface area contributed by atoms with Gasteiger partial charge in [-0.15, -0.1) is 0 Å². The minimum absolute atomic E-state index is 0.0144. The van der Waals surface area contributed by atoms with Gasteiger partial charge in [0.1, 0.15) is 12.6 Å². The molecule has 1 amide bonds. The van der Waals surface area contributed by atoms with Crippen LogP contribution in [0, 0.1) is 5.92 Å². The number of nitrogens with zero attached hydrogens (tertiary/aromatic N) is 2. The van der Waals surface area contributed by atoms with Crippen molar-refractivity contribution < 1.29 is 19.0 Å². The van der Waals surface area contributed by atoms with Crippen molar-refractivity contribution in [3.63, 3.8) is 0 Å². The molecule has 0 aromatic rings. The summed E-state index contributed by atoms with van der Waals surface area (Å²) in [5, 5.41) is 6.92. The van der Waals surface area contributed by atoms with Crippen LogP contribution in [0.3, 0.4) is 0 Å². The third-order valence-corrected chi connectivity index (χ3v) is 5.97. The number of hydrogen-bond acceptors (Lipinski definition) is 5. The molecule has 2 heterocycles. The highest BCUT2D eigenvalue weighted by Crippen LogP contribution is 2.33. The largest absolute Gasteiger partial charge is 0.381 e. The average molecular weight is 397 g/mol. The molecule has 1 spiro atoms. The van der Waals surface area contributed by atoms with Crippen molar-refractivity contribution >= 4 is 11.9 Å². The summed E-state index contributed by atoms with van der Waals surface area (Å²) in [6.45, 7) is 4.94. The Kier molecular flexibility index (Phi) is 7.54. The van der Waals surface area contributed by atoms with Gasteiger partial charge in [-0.2, -0.15) is 0 Å². The Hall–Kier alpha value is -1.38. The molecule has 2 saturated heterocycles. The number of nitrogens with one attached hydrogen (secondary N) is 2. The van der Waals surface area contributed by atoms with Crippen LogP contribution in [-0.4, -0.2) is 81.7 Å². The van der Waals surface area contributed by atoms with Gasteiger partial charge < -0.3 is 29.7 Å². The van der Waals surface area contributed by atoms with Crippen LogP contribution < -0.4 is 10.6 Å². The van der Waals surface area contributed by atoms with E-state index in [1.165, 1.54) is 19.3 Å². The van der Waals surface area contributed by atoms with Crippen molar-refractivity contribution in [1.29, 1.82) is 0 Å². The quantitative estimate of drug-likeness (QED) is 0.535. The molecule has 2 N–H and O–H groups in total. The van der Waals surface area contributed by atoms with Gasteiger partial charge in [0.15, 0.2) is 11.7 Å². The van der Waals surface area contributed by atoms with E-state index >= 15 is 0 Å². The highest BCUT2D eigenvalue weighted by atomic mass is 16.7. The van der Waals surface area contributed by atoms with E-state index in [9.17, 15) is 4.79 Å². The molecular formula is C20H36N4O4. The molecule has 8 heteroatoms. The van der Waals surface area contributed by atoms with Crippen LogP contribution in [0.5, 0.6) is 0 Å². The monoisotopic (exact) mass is 396 g/mol. The Morgan fingerprint density at radius 1 is 1.21 bits per heavy atom. The maximum absolute atomic E-state index is 12.0. The first-order valence-electron chi connectivity index (χ1n) is 10.6. The van der Waals surface area contributed by atoms with E-state index < -0.39 is 5.79 Å². The summed E-state index contributed by atoms with van der Waals surface area (Å²) in [5.74, 6) is 0.792. The maximum Gasteiger partial charge on any atom is 0.243 e. The van der Waals surface area contributed by atoms with Crippen LogP contribution in [0.25, 0.3) is 0 Å². The highest BCUT2D eigenvalue weighted by Gasteiger charge is 2.42. The molecule has 8 nitrogen and oxygen atoms in total. The van der Waals surface area contributed by atoms with Crippen molar-refractivity contribution in [2.45, 2.75) is 63.4 Å². The van der Waals surface area contributed by atoms with Crippen LogP contribution in [0.2, 0.25) is 0 Å². The first-order chi connectivity index (χ1) is 13.5. The number of rotatable bonds is 5. The first-order valence-corrected chi connectivity index (χ1v) is 10.6. The highest BCUT2D eigenvalue weighted by molar-refractivity contribution is 5.85. The van der Waals surface area contributed by atoms with Gasteiger partial charge in [-0.1, -0.05) is 19.8 Å². The van der Waals surface area contributed by atoms with Gasteiger partial charge in [-0.3, -0.25) is 4.79 Å². The molecule has 3 atom stereocenters. The van der Waals surface area contributed by atoms with Gasteiger partial charge in [-0.05, 0) is 18.8 Å². The predicted molar refractivity (Wildman–Crippen MR) is 107 cm³/mol. The number of carbonyl (C=O) groups excluding carboxylic acids is 1. The van der Waals surface area contributed by atoms with E-state index in [1.54, 1.807) is 19.0 Å². The molecule has 3 unspecified atom stereocenters. The summed E-state index contributed by atoms with van der Waals surface area (Å²) in [5.41, 5.74) is 0. The molecule has 160 valence electrons. The van der Waals surface area contributed by atoms with E-state index in [-0.39, 0.29) is 18.6 Å². The van der Waals surface area contributed by atoms with Crippen LogP contribution in [0.1, 0.15) is 45.4 Å². The third-order valence-electron chi connectivity index (χ3n) is 5.97. The topological polar surface area (TPSA) is 84.4 Å². The molecule has 1 aliphatic carbocycles. The van der Waals surface area contributed by atoms with Crippen molar-refractivity contribution in [1.82, 2.24) is 15.5 Å². The lowest BCUT2D eigenvalue weighted by molar-refractivity contribution is -0.210. The normalized spacial score (nSPS) is 30.2. The smallest absolute Gasteiger partial charge is 0.243 e. The van der Waals surface area contributed by atoms with Gasteiger partial charge >= 0.3 is 0 Å². The Labute approximate surface area is 168 Å².